The molecule has 2 aromatic rings. The lowest BCUT2D eigenvalue weighted by atomic mass is 9.96. The topological polar surface area (TPSA) is 193 Å². The van der Waals surface area contributed by atoms with Crippen molar-refractivity contribution >= 4 is 34.9 Å². The van der Waals surface area contributed by atoms with Crippen LogP contribution >= 0.6 is 0 Å². The normalized spacial score (nSPS) is 10.3. The summed E-state index contributed by atoms with van der Waals surface area (Å²) in [5.74, 6) is -2.40. The fourth-order valence-electron chi connectivity index (χ4n) is 2.04. The molecule has 0 fully saturated rings. The average molecular weight is 318 g/mol. The number of nitrogens with zero attached hydrogens (tertiary/aromatic N) is 2. The molecule has 2 heterocycles. The number of ether oxygens (including phenoxy) is 1. The van der Waals surface area contributed by atoms with Crippen molar-refractivity contribution in [3.8, 4) is 11.1 Å². The number of nitrogen functional groups attached to an aromatic ring is 4. The van der Waals surface area contributed by atoms with Crippen LogP contribution < -0.4 is 22.9 Å². The molecule has 9 N–H and O–H groups in total. The van der Waals surface area contributed by atoms with Gasteiger partial charge in [-0.25, -0.2) is 19.6 Å². The lowest BCUT2D eigenvalue weighted by Crippen LogP contribution is -2.14. The number of anilines is 4. The van der Waals surface area contributed by atoms with Gasteiger partial charge < -0.3 is 32.8 Å². The third-order valence-electron chi connectivity index (χ3n) is 3.19. The molecule has 0 aliphatic rings. The molecule has 0 bridgehead atoms. The summed E-state index contributed by atoms with van der Waals surface area (Å²) in [4.78, 5) is 31.2. The van der Waals surface area contributed by atoms with Crippen molar-refractivity contribution in [1.29, 1.82) is 0 Å². The zero-order valence-electron chi connectivity index (χ0n) is 12.0. The number of esters is 1. The van der Waals surface area contributed by atoms with E-state index in [9.17, 15) is 14.7 Å². The number of hydrogen-bond acceptors (Lipinski definition) is 9. The monoisotopic (exact) mass is 318 g/mol. The molecule has 0 aliphatic carbocycles. The molecule has 0 aromatic carbocycles. The van der Waals surface area contributed by atoms with E-state index < -0.39 is 11.9 Å². The van der Waals surface area contributed by atoms with Gasteiger partial charge in [0.25, 0.3) is 0 Å². The number of pyridine rings is 2. The van der Waals surface area contributed by atoms with Crippen LogP contribution in [0.2, 0.25) is 0 Å². The van der Waals surface area contributed by atoms with Gasteiger partial charge in [0.15, 0.2) is 0 Å². The van der Waals surface area contributed by atoms with Gasteiger partial charge in [-0.2, -0.15) is 0 Å². The van der Waals surface area contributed by atoms with Crippen LogP contribution in [0.15, 0.2) is 12.4 Å². The highest BCUT2D eigenvalue weighted by Crippen LogP contribution is 2.35. The second kappa shape index (κ2) is 5.67. The highest BCUT2D eigenvalue weighted by molar-refractivity contribution is 6.09. The summed E-state index contributed by atoms with van der Waals surface area (Å²) in [5, 5.41) is 9.39. The molecule has 23 heavy (non-hydrogen) atoms. The first-order valence-corrected chi connectivity index (χ1v) is 6.19. The molecule has 0 saturated heterocycles. The SMILES string of the molecule is COC(=O)c1c(-c2cnc(N)c(N)c2C(=O)O)cnc(N)c1N. The Balaban J connectivity index is 2.88. The van der Waals surface area contributed by atoms with Crippen molar-refractivity contribution in [2.45, 2.75) is 0 Å². The quantitative estimate of drug-likeness (QED) is 0.479. The molecule has 2 rings (SSSR count). The molecule has 0 atom stereocenters. The van der Waals surface area contributed by atoms with E-state index in [0.29, 0.717) is 0 Å². The van der Waals surface area contributed by atoms with E-state index in [2.05, 4.69) is 14.7 Å². The molecule has 0 radical (unpaired) electrons. The summed E-state index contributed by atoms with van der Waals surface area (Å²) in [6, 6.07) is 0. The van der Waals surface area contributed by atoms with E-state index in [1.54, 1.807) is 0 Å². The van der Waals surface area contributed by atoms with E-state index in [4.69, 9.17) is 22.9 Å². The Bertz CT molecular complexity index is 821. The Hall–Kier alpha value is -3.56. The summed E-state index contributed by atoms with van der Waals surface area (Å²) >= 11 is 0. The van der Waals surface area contributed by atoms with Crippen LogP contribution in [0.4, 0.5) is 23.0 Å². The Kier molecular flexibility index (Phi) is 3.90. The Morgan fingerprint density at radius 1 is 0.957 bits per heavy atom. The molecule has 0 amide bonds. The number of nitrogens with two attached hydrogens (primary N) is 4. The van der Waals surface area contributed by atoms with Crippen LogP contribution in [0.1, 0.15) is 20.7 Å². The molecule has 10 nitrogen and oxygen atoms in total. The fraction of sp³-hybridized carbons (Fsp3) is 0.0769. The van der Waals surface area contributed by atoms with Crippen molar-refractivity contribution in [3.63, 3.8) is 0 Å². The highest BCUT2D eigenvalue weighted by Gasteiger charge is 2.25. The first kappa shape index (κ1) is 15.8. The summed E-state index contributed by atoms with van der Waals surface area (Å²) in [6.07, 6.45) is 2.35. The van der Waals surface area contributed by atoms with Crippen LogP contribution in [0.5, 0.6) is 0 Å². The molecule has 0 aliphatic heterocycles. The van der Waals surface area contributed by atoms with Gasteiger partial charge in [-0.05, 0) is 0 Å². The zero-order valence-corrected chi connectivity index (χ0v) is 12.0. The van der Waals surface area contributed by atoms with Crippen LogP contribution in [0, 0.1) is 0 Å². The molecular weight excluding hydrogens is 304 g/mol. The molecule has 120 valence electrons. The third kappa shape index (κ3) is 2.52. The number of aromatic nitrogens is 2. The molecule has 0 spiro atoms. The van der Waals surface area contributed by atoms with Gasteiger partial charge in [-0.1, -0.05) is 0 Å². The molecular formula is C13H14N6O4. The minimum Gasteiger partial charge on any atom is -0.478 e. The van der Waals surface area contributed by atoms with Gasteiger partial charge in [0.05, 0.1) is 29.6 Å². The number of carboxylic acid groups (broad SMARTS) is 1. The molecule has 2 aromatic heterocycles. The first-order valence-electron chi connectivity index (χ1n) is 6.19. The first-order chi connectivity index (χ1) is 10.8. The van der Waals surface area contributed by atoms with Crippen molar-refractivity contribution < 1.29 is 19.4 Å². The fourth-order valence-corrected chi connectivity index (χ4v) is 2.04. The van der Waals surface area contributed by atoms with Crippen molar-refractivity contribution in [3.05, 3.63) is 23.5 Å². The molecule has 0 saturated carbocycles. The largest absolute Gasteiger partial charge is 0.478 e. The van der Waals surface area contributed by atoms with Crippen LogP contribution in [0.3, 0.4) is 0 Å². The second-order valence-corrected chi connectivity index (χ2v) is 4.49. The number of aromatic carboxylic acids is 1. The maximum Gasteiger partial charge on any atom is 0.340 e. The van der Waals surface area contributed by atoms with Crippen LogP contribution in [0.25, 0.3) is 11.1 Å². The van der Waals surface area contributed by atoms with Crippen LogP contribution in [-0.4, -0.2) is 34.1 Å². The maximum atomic E-state index is 12.0. The number of carbonyl (C=O) groups excluding carboxylic acids is 1. The van der Waals surface area contributed by atoms with E-state index >= 15 is 0 Å². The number of carbonyl (C=O) groups is 2. The highest BCUT2D eigenvalue weighted by atomic mass is 16.5. The minimum absolute atomic E-state index is 0.0174. The van der Waals surface area contributed by atoms with Gasteiger partial charge in [0.2, 0.25) is 0 Å². The van der Waals surface area contributed by atoms with E-state index in [1.165, 1.54) is 6.20 Å². The lowest BCUT2D eigenvalue weighted by Gasteiger charge is -2.15. The number of methoxy groups -OCH3 is 1. The Morgan fingerprint density at radius 2 is 1.39 bits per heavy atom. The minimum atomic E-state index is -1.35. The predicted molar refractivity (Wildman–Crippen MR) is 83.4 cm³/mol. The third-order valence-corrected chi connectivity index (χ3v) is 3.19. The Morgan fingerprint density at radius 3 is 1.83 bits per heavy atom. The zero-order chi connectivity index (χ0) is 17.3. The van der Waals surface area contributed by atoms with E-state index in [-0.39, 0.29) is 45.3 Å². The van der Waals surface area contributed by atoms with E-state index in [1.807, 2.05) is 0 Å². The van der Waals surface area contributed by atoms with Crippen LogP contribution in [-0.2, 0) is 4.74 Å². The van der Waals surface area contributed by atoms with Gasteiger partial charge in [-0.3, -0.25) is 0 Å². The van der Waals surface area contributed by atoms with Gasteiger partial charge in [-0.15, -0.1) is 0 Å². The smallest absolute Gasteiger partial charge is 0.340 e. The van der Waals surface area contributed by atoms with Crippen molar-refractivity contribution in [2.75, 3.05) is 30.0 Å². The summed E-state index contributed by atoms with van der Waals surface area (Å²) in [6.45, 7) is 0. The molecule has 10 heteroatoms. The predicted octanol–water partition coefficient (Wildman–Crippen LogP) is -0.0428. The summed E-state index contributed by atoms with van der Waals surface area (Å²) in [7, 11) is 1.15. The Labute approximate surface area is 130 Å². The summed E-state index contributed by atoms with van der Waals surface area (Å²) in [5.41, 5.74) is 21.8. The second-order valence-electron chi connectivity index (χ2n) is 4.49. The van der Waals surface area contributed by atoms with Gasteiger partial charge in [0.1, 0.15) is 11.6 Å². The summed E-state index contributed by atoms with van der Waals surface area (Å²) < 4.78 is 4.66. The maximum absolute atomic E-state index is 12.0. The number of carboxylic acids is 1. The van der Waals surface area contributed by atoms with E-state index in [0.717, 1.165) is 13.3 Å². The lowest BCUT2D eigenvalue weighted by molar-refractivity contribution is 0.0601. The molecule has 0 unspecified atom stereocenters. The number of rotatable bonds is 3. The average Bonchev–Trinajstić information content (AvgIpc) is 2.51. The van der Waals surface area contributed by atoms with Crippen molar-refractivity contribution in [2.24, 2.45) is 0 Å². The van der Waals surface area contributed by atoms with Gasteiger partial charge in [0, 0.05) is 23.5 Å². The standard InChI is InChI=1S/C13H14N6O4/c1-23-13(22)7-5(3-19-11(17)9(7)15)4-2-18-10(16)8(14)6(4)12(20)21/h2-3H,14-15H2,1H3,(H2,16,18)(H2,17,19)(H,20,21). The number of hydrogen-bond donors (Lipinski definition) is 5. The van der Waals surface area contributed by atoms with Gasteiger partial charge >= 0.3 is 11.9 Å². The van der Waals surface area contributed by atoms with Crippen molar-refractivity contribution in [1.82, 2.24) is 9.97 Å².